The molecular weight excluding hydrogens is 446 g/mol. The van der Waals surface area contributed by atoms with E-state index in [1.54, 1.807) is 18.4 Å². The van der Waals surface area contributed by atoms with Gasteiger partial charge in [0.1, 0.15) is 5.69 Å². The van der Waals surface area contributed by atoms with Crippen LogP contribution in [0.15, 0.2) is 18.3 Å². The summed E-state index contributed by atoms with van der Waals surface area (Å²) < 4.78 is 13.9. The summed E-state index contributed by atoms with van der Waals surface area (Å²) in [5.41, 5.74) is 3.78. The molecule has 0 saturated carbocycles. The number of hydrogen-bond acceptors (Lipinski definition) is 6. The predicted molar refractivity (Wildman–Crippen MR) is 137 cm³/mol. The van der Waals surface area contributed by atoms with Crippen molar-refractivity contribution in [2.45, 2.75) is 73.8 Å². The molecule has 1 unspecified atom stereocenters. The van der Waals surface area contributed by atoms with Crippen molar-refractivity contribution < 1.29 is 14.3 Å². The number of ether oxygens (including phenoxy) is 2. The van der Waals surface area contributed by atoms with Gasteiger partial charge < -0.3 is 9.47 Å². The quantitative estimate of drug-likeness (QED) is 0.363. The molecule has 1 atom stereocenters. The molecule has 4 rings (SSSR count). The Balaban J connectivity index is 1.90. The number of ketones is 1. The van der Waals surface area contributed by atoms with E-state index < -0.39 is 0 Å². The third kappa shape index (κ3) is 4.76. The number of benzene rings is 1. The minimum atomic E-state index is -0.104. The number of Topliss-reactive ketones (excluding diaryl/α,β-unsaturated/α-hetero) is 1. The van der Waals surface area contributed by atoms with Gasteiger partial charge in [0.05, 0.1) is 34.5 Å². The molecule has 182 valence electrons. The molecule has 0 N–H and O–H groups in total. The Labute approximate surface area is 206 Å². The summed E-state index contributed by atoms with van der Waals surface area (Å²) in [4.78, 5) is 24.0. The van der Waals surface area contributed by atoms with E-state index >= 15 is 0 Å². The largest absolute Gasteiger partial charge is 0.493 e. The Morgan fingerprint density at radius 2 is 1.91 bits per heavy atom. The monoisotopic (exact) mass is 481 g/mol. The van der Waals surface area contributed by atoms with Crippen molar-refractivity contribution in [3.8, 4) is 27.9 Å². The van der Waals surface area contributed by atoms with Gasteiger partial charge in [-0.1, -0.05) is 27.7 Å². The zero-order chi connectivity index (χ0) is 24.8. The first kappa shape index (κ1) is 24.5. The second kappa shape index (κ2) is 9.17. The van der Waals surface area contributed by atoms with Gasteiger partial charge in [0.15, 0.2) is 23.1 Å². The fourth-order valence-electron chi connectivity index (χ4n) is 4.77. The number of fused-ring (bicyclic) bond motifs is 3. The van der Waals surface area contributed by atoms with Crippen LogP contribution in [0.5, 0.6) is 11.5 Å². The Morgan fingerprint density at radius 1 is 1.18 bits per heavy atom. The van der Waals surface area contributed by atoms with Crippen LogP contribution in [0, 0.1) is 18.3 Å². The van der Waals surface area contributed by atoms with Crippen LogP contribution in [0.25, 0.3) is 16.4 Å². The van der Waals surface area contributed by atoms with Crippen molar-refractivity contribution in [3.63, 3.8) is 0 Å². The molecule has 7 heteroatoms. The minimum absolute atomic E-state index is 0.0109. The van der Waals surface area contributed by atoms with E-state index in [0.29, 0.717) is 11.4 Å². The summed E-state index contributed by atoms with van der Waals surface area (Å²) >= 11 is 1.59. The number of carbonyl (C=O) groups excluding carboxylic acids is 1. The molecule has 3 heterocycles. The summed E-state index contributed by atoms with van der Waals surface area (Å²) in [7, 11) is 1.67. The van der Waals surface area contributed by atoms with Gasteiger partial charge in [-0.25, -0.2) is 9.97 Å². The lowest BCUT2D eigenvalue weighted by Gasteiger charge is -2.25. The van der Waals surface area contributed by atoms with Gasteiger partial charge in [0.25, 0.3) is 0 Å². The molecule has 0 saturated heterocycles. The van der Waals surface area contributed by atoms with Crippen molar-refractivity contribution in [1.29, 1.82) is 0 Å². The molecule has 0 fully saturated rings. The first-order valence-electron chi connectivity index (χ1n) is 11.9. The fourth-order valence-corrected chi connectivity index (χ4v) is 5.53. The van der Waals surface area contributed by atoms with E-state index in [0.717, 1.165) is 57.7 Å². The third-order valence-corrected chi connectivity index (χ3v) is 6.92. The molecule has 0 aliphatic carbocycles. The summed E-state index contributed by atoms with van der Waals surface area (Å²) in [6.45, 7) is 14.5. The normalized spacial score (nSPS) is 14.0. The van der Waals surface area contributed by atoms with Crippen LogP contribution in [0.3, 0.4) is 0 Å². The first-order valence-corrected chi connectivity index (χ1v) is 12.8. The molecule has 0 radical (unpaired) electrons. The molecule has 1 aliphatic rings. The molecule has 34 heavy (non-hydrogen) atoms. The smallest absolute Gasteiger partial charge is 0.185 e. The van der Waals surface area contributed by atoms with Crippen LogP contribution < -0.4 is 9.47 Å². The van der Waals surface area contributed by atoms with Crippen molar-refractivity contribution >= 4 is 17.1 Å². The number of hydrogen-bond donors (Lipinski definition) is 0. The highest BCUT2D eigenvalue weighted by Crippen LogP contribution is 2.41. The summed E-state index contributed by atoms with van der Waals surface area (Å²) in [5, 5.41) is 0.968. The topological polar surface area (TPSA) is 66.2 Å². The number of aromatic nitrogens is 3. The Kier molecular flexibility index (Phi) is 6.60. The van der Waals surface area contributed by atoms with Crippen molar-refractivity contribution in [1.82, 2.24) is 14.5 Å². The summed E-state index contributed by atoms with van der Waals surface area (Å²) in [6, 6.07) is 4.09. The van der Waals surface area contributed by atoms with E-state index in [1.165, 1.54) is 0 Å². The Hall–Kier alpha value is -2.67. The van der Waals surface area contributed by atoms with Gasteiger partial charge in [0.2, 0.25) is 0 Å². The number of imidazole rings is 1. The zero-order valence-corrected chi connectivity index (χ0v) is 22.3. The number of thiazole rings is 1. The second-order valence-corrected chi connectivity index (χ2v) is 11.9. The minimum Gasteiger partial charge on any atom is -0.493 e. The third-order valence-electron chi connectivity index (χ3n) is 6.01. The average molecular weight is 482 g/mol. The van der Waals surface area contributed by atoms with Crippen LogP contribution in [0.2, 0.25) is 0 Å². The fraction of sp³-hybridized carbons (Fsp3) is 0.519. The lowest BCUT2D eigenvalue weighted by Crippen LogP contribution is -2.21. The van der Waals surface area contributed by atoms with Gasteiger partial charge in [-0.2, -0.15) is 0 Å². The van der Waals surface area contributed by atoms with Gasteiger partial charge in [0, 0.05) is 18.2 Å². The SMILES string of the molecule is COc1cc2c(cc1OC(C)C)-n1c(-c3cnc(C)s3)nc(C(=O)C(C)CC(C)(C)C)c1CC2. The zero-order valence-electron chi connectivity index (χ0n) is 21.5. The maximum Gasteiger partial charge on any atom is 0.185 e. The Bertz CT molecular complexity index is 1220. The predicted octanol–water partition coefficient (Wildman–Crippen LogP) is 6.45. The lowest BCUT2D eigenvalue weighted by molar-refractivity contribution is 0.0891. The molecular formula is C27H35N3O3S. The molecule has 0 bridgehead atoms. The highest BCUT2D eigenvalue weighted by molar-refractivity contribution is 7.15. The van der Waals surface area contributed by atoms with Crippen molar-refractivity contribution in [2.24, 2.45) is 11.3 Å². The molecule has 3 aromatic rings. The van der Waals surface area contributed by atoms with Crippen LogP contribution in [0.1, 0.15) is 74.7 Å². The van der Waals surface area contributed by atoms with Crippen molar-refractivity contribution in [3.05, 3.63) is 40.3 Å². The van der Waals surface area contributed by atoms with Gasteiger partial charge >= 0.3 is 0 Å². The van der Waals surface area contributed by atoms with Gasteiger partial charge in [-0.15, -0.1) is 11.3 Å². The van der Waals surface area contributed by atoms with Gasteiger partial charge in [-0.3, -0.25) is 9.36 Å². The van der Waals surface area contributed by atoms with E-state index in [4.69, 9.17) is 14.5 Å². The standard InChI is InChI=1S/C27H35N3O3S/c1-15(2)33-22-12-20-18(11-21(22)32-8)9-10-19-24(25(31)16(3)13-27(5,6)7)29-26(30(19)20)23-14-28-17(4)34-23/h11-12,14-16H,9-10,13H2,1-8H3. The summed E-state index contributed by atoms with van der Waals surface area (Å²) in [6.07, 6.45) is 4.24. The van der Waals surface area contributed by atoms with Crippen LogP contribution >= 0.6 is 11.3 Å². The molecule has 2 aromatic heterocycles. The van der Waals surface area contributed by atoms with Crippen LogP contribution in [-0.4, -0.2) is 33.5 Å². The molecule has 6 nitrogen and oxygen atoms in total. The Morgan fingerprint density at radius 3 is 2.50 bits per heavy atom. The lowest BCUT2D eigenvalue weighted by atomic mass is 9.82. The average Bonchev–Trinajstić information content (AvgIpc) is 3.34. The molecule has 1 aliphatic heterocycles. The number of aryl methyl sites for hydroxylation is 2. The van der Waals surface area contributed by atoms with Crippen LogP contribution in [-0.2, 0) is 12.8 Å². The van der Waals surface area contributed by atoms with E-state index in [-0.39, 0.29) is 23.2 Å². The van der Waals surface area contributed by atoms with E-state index in [1.807, 2.05) is 40.0 Å². The van der Waals surface area contributed by atoms with Crippen LogP contribution in [0.4, 0.5) is 0 Å². The number of methoxy groups -OCH3 is 1. The maximum atomic E-state index is 13.6. The van der Waals surface area contributed by atoms with E-state index in [2.05, 4.69) is 36.4 Å². The highest BCUT2D eigenvalue weighted by Gasteiger charge is 2.32. The number of nitrogens with zero attached hydrogens (tertiary/aromatic N) is 3. The van der Waals surface area contributed by atoms with E-state index in [9.17, 15) is 4.79 Å². The highest BCUT2D eigenvalue weighted by atomic mass is 32.1. The molecule has 0 amide bonds. The van der Waals surface area contributed by atoms with Gasteiger partial charge in [-0.05, 0) is 57.1 Å². The number of rotatable bonds is 7. The van der Waals surface area contributed by atoms with Crippen molar-refractivity contribution in [2.75, 3.05) is 7.11 Å². The second-order valence-electron chi connectivity index (χ2n) is 10.6. The number of carbonyl (C=O) groups is 1. The molecule has 0 spiro atoms. The first-order chi connectivity index (χ1) is 16.0. The summed E-state index contributed by atoms with van der Waals surface area (Å²) in [5.74, 6) is 2.20. The maximum absolute atomic E-state index is 13.6. The molecule has 1 aromatic carbocycles.